The number of nitrogens with two attached hydrogens (primary N) is 1. The SMILES string of the molecule is CC(C)CN(CC(C)C)c1cc(N)cc([N+](=O)[O-])c1. The van der Waals surface area contributed by atoms with Crippen LogP contribution in [0.1, 0.15) is 27.7 Å². The highest BCUT2D eigenvalue weighted by atomic mass is 16.6. The van der Waals surface area contributed by atoms with E-state index in [0.717, 1.165) is 18.8 Å². The maximum atomic E-state index is 10.9. The number of rotatable bonds is 6. The van der Waals surface area contributed by atoms with Gasteiger partial charge < -0.3 is 10.6 Å². The van der Waals surface area contributed by atoms with Crippen molar-refractivity contribution in [2.75, 3.05) is 23.7 Å². The fourth-order valence-corrected chi connectivity index (χ4v) is 2.07. The van der Waals surface area contributed by atoms with Crippen LogP contribution in [0.15, 0.2) is 18.2 Å². The van der Waals surface area contributed by atoms with Crippen LogP contribution in [-0.2, 0) is 0 Å². The first-order chi connectivity index (χ1) is 8.79. The molecule has 0 spiro atoms. The van der Waals surface area contributed by atoms with Gasteiger partial charge in [-0.1, -0.05) is 27.7 Å². The van der Waals surface area contributed by atoms with Crippen LogP contribution < -0.4 is 10.6 Å². The van der Waals surface area contributed by atoms with Crippen molar-refractivity contribution >= 4 is 17.1 Å². The Morgan fingerprint density at radius 2 is 1.68 bits per heavy atom. The van der Waals surface area contributed by atoms with Gasteiger partial charge >= 0.3 is 0 Å². The van der Waals surface area contributed by atoms with Gasteiger partial charge in [0.1, 0.15) is 0 Å². The Kier molecular flexibility index (Phi) is 5.15. The first-order valence-corrected chi connectivity index (χ1v) is 6.59. The maximum absolute atomic E-state index is 10.9. The van der Waals surface area contributed by atoms with Gasteiger partial charge in [-0.15, -0.1) is 0 Å². The second kappa shape index (κ2) is 6.41. The summed E-state index contributed by atoms with van der Waals surface area (Å²) < 4.78 is 0. The lowest BCUT2D eigenvalue weighted by Gasteiger charge is -2.28. The van der Waals surface area contributed by atoms with Crippen LogP contribution in [0.4, 0.5) is 17.1 Å². The molecule has 0 amide bonds. The molecule has 1 rings (SSSR count). The fourth-order valence-electron chi connectivity index (χ4n) is 2.07. The molecule has 106 valence electrons. The van der Waals surface area contributed by atoms with Crippen molar-refractivity contribution < 1.29 is 4.92 Å². The average molecular weight is 265 g/mol. The Morgan fingerprint density at radius 1 is 1.16 bits per heavy atom. The van der Waals surface area contributed by atoms with Crippen molar-refractivity contribution in [3.05, 3.63) is 28.3 Å². The van der Waals surface area contributed by atoms with E-state index in [1.54, 1.807) is 12.1 Å². The molecule has 0 atom stereocenters. The van der Waals surface area contributed by atoms with Crippen molar-refractivity contribution in [2.45, 2.75) is 27.7 Å². The molecule has 0 fully saturated rings. The van der Waals surface area contributed by atoms with Gasteiger partial charge in [0, 0.05) is 36.6 Å². The molecule has 0 aliphatic carbocycles. The third-order valence-corrected chi connectivity index (χ3v) is 2.67. The van der Waals surface area contributed by atoms with Crippen LogP contribution in [0, 0.1) is 22.0 Å². The molecule has 1 aromatic rings. The zero-order valence-electron chi connectivity index (χ0n) is 12.1. The van der Waals surface area contributed by atoms with Gasteiger partial charge in [-0.25, -0.2) is 0 Å². The number of nitro groups is 1. The normalized spacial score (nSPS) is 11.1. The quantitative estimate of drug-likeness (QED) is 0.486. The highest BCUT2D eigenvalue weighted by molar-refractivity contribution is 5.62. The standard InChI is InChI=1S/C14H23N3O2/c1-10(2)8-16(9-11(3)4)13-5-12(15)6-14(7-13)17(18)19/h5-7,10-11H,8-9,15H2,1-4H3. The molecule has 0 radical (unpaired) electrons. The fraction of sp³-hybridized carbons (Fsp3) is 0.571. The third kappa shape index (κ3) is 4.77. The summed E-state index contributed by atoms with van der Waals surface area (Å²) in [5.41, 5.74) is 7.07. The predicted molar refractivity (Wildman–Crippen MR) is 79.4 cm³/mol. The van der Waals surface area contributed by atoms with Crippen LogP contribution >= 0.6 is 0 Å². The molecule has 5 nitrogen and oxygen atoms in total. The number of nitro benzene ring substituents is 1. The summed E-state index contributed by atoms with van der Waals surface area (Å²) in [4.78, 5) is 12.7. The molecular formula is C14H23N3O2. The van der Waals surface area contributed by atoms with E-state index in [1.165, 1.54) is 6.07 Å². The third-order valence-electron chi connectivity index (χ3n) is 2.67. The monoisotopic (exact) mass is 265 g/mol. The van der Waals surface area contributed by atoms with Crippen molar-refractivity contribution in [2.24, 2.45) is 11.8 Å². The molecule has 0 unspecified atom stereocenters. The van der Waals surface area contributed by atoms with Gasteiger partial charge in [0.2, 0.25) is 0 Å². The van der Waals surface area contributed by atoms with Gasteiger partial charge in [0.25, 0.3) is 5.69 Å². The van der Waals surface area contributed by atoms with E-state index in [9.17, 15) is 10.1 Å². The largest absolute Gasteiger partial charge is 0.398 e. The summed E-state index contributed by atoms with van der Waals surface area (Å²) in [5, 5.41) is 10.9. The van der Waals surface area contributed by atoms with Crippen molar-refractivity contribution in [1.29, 1.82) is 0 Å². The number of nitrogen functional groups attached to an aromatic ring is 1. The molecule has 5 heteroatoms. The molecule has 0 aliphatic rings. The Balaban J connectivity index is 3.09. The Morgan fingerprint density at radius 3 is 2.11 bits per heavy atom. The second-order valence-electron chi connectivity index (χ2n) is 5.73. The zero-order chi connectivity index (χ0) is 14.6. The number of non-ortho nitro benzene ring substituents is 1. The topological polar surface area (TPSA) is 72.4 Å². The molecule has 0 saturated carbocycles. The number of hydrogen-bond acceptors (Lipinski definition) is 4. The lowest BCUT2D eigenvalue weighted by atomic mass is 10.1. The van der Waals surface area contributed by atoms with E-state index in [2.05, 4.69) is 32.6 Å². The summed E-state index contributed by atoms with van der Waals surface area (Å²) in [6, 6.07) is 4.80. The summed E-state index contributed by atoms with van der Waals surface area (Å²) in [5.74, 6) is 0.971. The van der Waals surface area contributed by atoms with Crippen LogP contribution in [0.25, 0.3) is 0 Å². The molecule has 0 aromatic heterocycles. The molecule has 1 aromatic carbocycles. The van der Waals surface area contributed by atoms with Crippen LogP contribution in [0.5, 0.6) is 0 Å². The van der Waals surface area contributed by atoms with E-state index in [4.69, 9.17) is 5.73 Å². The smallest absolute Gasteiger partial charge is 0.273 e. The maximum Gasteiger partial charge on any atom is 0.273 e. The molecule has 19 heavy (non-hydrogen) atoms. The summed E-state index contributed by atoms with van der Waals surface area (Å²) >= 11 is 0. The molecule has 0 saturated heterocycles. The van der Waals surface area contributed by atoms with Gasteiger partial charge in [-0.3, -0.25) is 10.1 Å². The molecular weight excluding hydrogens is 242 g/mol. The highest BCUT2D eigenvalue weighted by Crippen LogP contribution is 2.26. The molecule has 2 N–H and O–H groups in total. The Labute approximate surface area is 114 Å². The van der Waals surface area contributed by atoms with E-state index in [1.807, 2.05) is 0 Å². The van der Waals surface area contributed by atoms with Gasteiger partial charge in [0.15, 0.2) is 0 Å². The van der Waals surface area contributed by atoms with Crippen LogP contribution in [0.2, 0.25) is 0 Å². The zero-order valence-corrected chi connectivity index (χ0v) is 12.1. The average Bonchev–Trinajstić information content (AvgIpc) is 2.25. The van der Waals surface area contributed by atoms with Gasteiger partial charge in [-0.05, 0) is 17.9 Å². The van der Waals surface area contributed by atoms with E-state index in [-0.39, 0.29) is 5.69 Å². The van der Waals surface area contributed by atoms with E-state index >= 15 is 0 Å². The van der Waals surface area contributed by atoms with Gasteiger partial charge in [-0.2, -0.15) is 0 Å². The second-order valence-corrected chi connectivity index (χ2v) is 5.73. The summed E-state index contributed by atoms with van der Waals surface area (Å²) in [7, 11) is 0. The van der Waals surface area contributed by atoms with E-state index in [0.29, 0.717) is 17.5 Å². The lowest BCUT2D eigenvalue weighted by molar-refractivity contribution is -0.384. The highest BCUT2D eigenvalue weighted by Gasteiger charge is 2.15. The number of nitrogens with zero attached hydrogens (tertiary/aromatic N) is 2. The minimum absolute atomic E-state index is 0.0486. The van der Waals surface area contributed by atoms with Gasteiger partial charge in [0.05, 0.1) is 4.92 Å². The van der Waals surface area contributed by atoms with Crippen LogP contribution in [-0.4, -0.2) is 18.0 Å². The van der Waals surface area contributed by atoms with Crippen LogP contribution in [0.3, 0.4) is 0 Å². The molecule has 0 bridgehead atoms. The summed E-state index contributed by atoms with van der Waals surface area (Å²) in [6.07, 6.45) is 0. The van der Waals surface area contributed by atoms with Crippen molar-refractivity contribution in [3.63, 3.8) is 0 Å². The van der Waals surface area contributed by atoms with E-state index < -0.39 is 4.92 Å². The lowest BCUT2D eigenvalue weighted by Crippen LogP contribution is -2.31. The minimum atomic E-state index is -0.400. The van der Waals surface area contributed by atoms with Crippen molar-refractivity contribution in [3.8, 4) is 0 Å². The summed E-state index contributed by atoms with van der Waals surface area (Å²) in [6.45, 7) is 10.3. The number of hydrogen-bond donors (Lipinski definition) is 1. The molecule has 0 aliphatic heterocycles. The number of anilines is 2. The minimum Gasteiger partial charge on any atom is -0.398 e. The predicted octanol–water partition coefficient (Wildman–Crippen LogP) is 3.30. The first kappa shape index (κ1) is 15.3. The number of benzene rings is 1. The first-order valence-electron chi connectivity index (χ1n) is 6.59. The Hall–Kier alpha value is -1.78. The van der Waals surface area contributed by atoms with Crippen molar-refractivity contribution in [1.82, 2.24) is 0 Å². The molecule has 0 heterocycles. The Bertz CT molecular complexity index is 434.